The first kappa shape index (κ1) is 23.6. The van der Waals surface area contributed by atoms with E-state index in [0.717, 1.165) is 16.5 Å². The Labute approximate surface area is 189 Å². The van der Waals surface area contributed by atoms with Crippen LogP contribution in [0.15, 0.2) is 65.6 Å². The van der Waals surface area contributed by atoms with Crippen LogP contribution in [0.2, 0.25) is 0 Å². The lowest BCUT2D eigenvalue weighted by molar-refractivity contribution is 0.0947. The van der Waals surface area contributed by atoms with Gasteiger partial charge in [-0.05, 0) is 29.7 Å². The molecule has 0 radical (unpaired) electrons. The highest BCUT2D eigenvalue weighted by Gasteiger charge is 2.26. The van der Waals surface area contributed by atoms with E-state index in [1.54, 1.807) is 19.9 Å². The Morgan fingerprint density at radius 3 is 2.41 bits per heavy atom. The molecule has 0 saturated heterocycles. The molecule has 0 aliphatic rings. The van der Waals surface area contributed by atoms with Crippen LogP contribution in [-0.4, -0.2) is 52.0 Å². The predicted octanol–water partition coefficient (Wildman–Crippen LogP) is 3.69. The van der Waals surface area contributed by atoms with Gasteiger partial charge in [0.05, 0.1) is 13.7 Å². The van der Waals surface area contributed by atoms with Gasteiger partial charge in [-0.1, -0.05) is 50.2 Å². The molecule has 170 valence electrons. The van der Waals surface area contributed by atoms with Gasteiger partial charge in [-0.3, -0.25) is 4.79 Å². The molecule has 7 nitrogen and oxygen atoms in total. The molecule has 0 spiro atoms. The van der Waals surface area contributed by atoms with Gasteiger partial charge in [0.1, 0.15) is 23.0 Å². The minimum Gasteiger partial charge on any atom is -0.495 e. The van der Waals surface area contributed by atoms with Crippen molar-refractivity contribution in [3.63, 3.8) is 0 Å². The molecule has 0 aliphatic heterocycles. The summed E-state index contributed by atoms with van der Waals surface area (Å²) in [4.78, 5) is 12.6. The number of hydrogen-bond donors (Lipinski definition) is 1. The van der Waals surface area contributed by atoms with Crippen LogP contribution in [0.25, 0.3) is 10.8 Å². The van der Waals surface area contributed by atoms with Gasteiger partial charge in [0.15, 0.2) is 0 Å². The van der Waals surface area contributed by atoms with E-state index in [-0.39, 0.29) is 35.3 Å². The molecule has 32 heavy (non-hydrogen) atoms. The van der Waals surface area contributed by atoms with Crippen LogP contribution in [0.1, 0.15) is 24.2 Å². The van der Waals surface area contributed by atoms with Crippen molar-refractivity contribution in [3.8, 4) is 11.5 Å². The third kappa shape index (κ3) is 5.03. The zero-order valence-electron chi connectivity index (χ0n) is 18.5. The maximum Gasteiger partial charge on any atom is 0.251 e. The average molecular weight is 457 g/mol. The van der Waals surface area contributed by atoms with Crippen LogP contribution in [0.5, 0.6) is 11.5 Å². The molecule has 8 heteroatoms. The molecule has 0 saturated carbocycles. The molecular weight excluding hydrogens is 428 g/mol. The first-order valence-corrected chi connectivity index (χ1v) is 11.9. The van der Waals surface area contributed by atoms with Gasteiger partial charge in [0.25, 0.3) is 5.91 Å². The standard InChI is InChI=1S/C24H28N2O5S/c1-4-26(5-2)32(28,29)23-17-19(13-14-22(23)30-3)24(27)25-15-16-31-21-12-8-10-18-9-6-7-11-20(18)21/h6-14,17H,4-5,15-16H2,1-3H3,(H,25,27). The summed E-state index contributed by atoms with van der Waals surface area (Å²) in [7, 11) is -2.37. The van der Waals surface area contributed by atoms with Crippen LogP contribution in [-0.2, 0) is 10.0 Å². The zero-order valence-corrected chi connectivity index (χ0v) is 19.3. The van der Waals surface area contributed by atoms with Gasteiger partial charge in [0, 0.05) is 24.0 Å². The molecule has 0 heterocycles. The summed E-state index contributed by atoms with van der Waals surface area (Å²) in [6.45, 7) is 4.72. The van der Waals surface area contributed by atoms with Crippen molar-refractivity contribution >= 4 is 26.7 Å². The molecule has 1 amide bonds. The quantitative estimate of drug-likeness (QED) is 0.471. The smallest absolute Gasteiger partial charge is 0.251 e. The number of nitrogens with zero attached hydrogens (tertiary/aromatic N) is 1. The lowest BCUT2D eigenvalue weighted by Crippen LogP contribution is -2.31. The van der Waals surface area contributed by atoms with Gasteiger partial charge < -0.3 is 14.8 Å². The van der Waals surface area contributed by atoms with E-state index in [9.17, 15) is 13.2 Å². The molecule has 0 fully saturated rings. The molecule has 0 bridgehead atoms. The zero-order chi connectivity index (χ0) is 23.1. The van der Waals surface area contributed by atoms with Crippen molar-refractivity contribution in [2.75, 3.05) is 33.4 Å². The SMILES string of the molecule is CCN(CC)S(=O)(=O)c1cc(C(=O)NCCOc2cccc3ccccc23)ccc1OC. The second-order valence-corrected chi connectivity index (χ2v) is 8.94. The lowest BCUT2D eigenvalue weighted by Gasteiger charge is -2.20. The molecule has 3 rings (SSSR count). The molecule has 0 atom stereocenters. The number of ether oxygens (including phenoxy) is 2. The van der Waals surface area contributed by atoms with E-state index >= 15 is 0 Å². The van der Waals surface area contributed by atoms with E-state index in [2.05, 4.69) is 5.32 Å². The molecular formula is C24H28N2O5S. The van der Waals surface area contributed by atoms with Crippen LogP contribution in [0, 0.1) is 0 Å². The van der Waals surface area contributed by atoms with Crippen molar-refractivity contribution in [3.05, 3.63) is 66.2 Å². The highest BCUT2D eigenvalue weighted by molar-refractivity contribution is 7.89. The fraction of sp³-hybridized carbons (Fsp3) is 0.292. The van der Waals surface area contributed by atoms with Crippen molar-refractivity contribution in [1.29, 1.82) is 0 Å². The number of carbonyl (C=O) groups excluding carboxylic acids is 1. The fourth-order valence-electron chi connectivity index (χ4n) is 3.47. The third-order valence-electron chi connectivity index (χ3n) is 5.14. The van der Waals surface area contributed by atoms with Crippen molar-refractivity contribution < 1.29 is 22.7 Å². The number of rotatable bonds is 10. The predicted molar refractivity (Wildman–Crippen MR) is 125 cm³/mol. The minimum atomic E-state index is -3.78. The summed E-state index contributed by atoms with van der Waals surface area (Å²) in [6, 6.07) is 18.1. The lowest BCUT2D eigenvalue weighted by atomic mass is 10.1. The first-order valence-electron chi connectivity index (χ1n) is 10.5. The molecule has 1 N–H and O–H groups in total. The van der Waals surface area contributed by atoms with Gasteiger partial charge in [-0.25, -0.2) is 8.42 Å². The number of methoxy groups -OCH3 is 1. The second-order valence-electron chi connectivity index (χ2n) is 7.04. The number of benzene rings is 3. The summed E-state index contributed by atoms with van der Waals surface area (Å²) >= 11 is 0. The molecule has 0 aromatic heterocycles. The number of nitrogens with one attached hydrogen (secondary N) is 1. The third-order valence-corrected chi connectivity index (χ3v) is 7.21. The normalized spacial score (nSPS) is 11.5. The average Bonchev–Trinajstić information content (AvgIpc) is 2.82. The van der Waals surface area contributed by atoms with Crippen LogP contribution in [0.4, 0.5) is 0 Å². The van der Waals surface area contributed by atoms with Crippen LogP contribution in [0.3, 0.4) is 0 Å². The Bertz CT molecular complexity index is 1180. The maximum atomic E-state index is 13.0. The van der Waals surface area contributed by atoms with Crippen LogP contribution >= 0.6 is 0 Å². The number of sulfonamides is 1. The van der Waals surface area contributed by atoms with E-state index in [0.29, 0.717) is 13.1 Å². The number of carbonyl (C=O) groups is 1. The number of amides is 1. The molecule has 3 aromatic carbocycles. The van der Waals surface area contributed by atoms with Crippen molar-refractivity contribution in [2.24, 2.45) is 0 Å². The van der Waals surface area contributed by atoms with Gasteiger partial charge in [-0.2, -0.15) is 4.31 Å². The largest absolute Gasteiger partial charge is 0.495 e. The minimum absolute atomic E-state index is 0.0247. The Balaban J connectivity index is 1.69. The van der Waals surface area contributed by atoms with Gasteiger partial charge >= 0.3 is 0 Å². The monoisotopic (exact) mass is 456 g/mol. The van der Waals surface area contributed by atoms with Crippen LogP contribution < -0.4 is 14.8 Å². The van der Waals surface area contributed by atoms with E-state index in [1.165, 1.54) is 23.5 Å². The number of fused-ring (bicyclic) bond motifs is 1. The summed E-state index contributed by atoms with van der Waals surface area (Å²) in [5, 5.41) is 4.86. The van der Waals surface area contributed by atoms with Crippen molar-refractivity contribution in [1.82, 2.24) is 9.62 Å². The molecule has 0 unspecified atom stereocenters. The highest BCUT2D eigenvalue weighted by Crippen LogP contribution is 2.28. The van der Waals surface area contributed by atoms with E-state index < -0.39 is 10.0 Å². The highest BCUT2D eigenvalue weighted by atomic mass is 32.2. The molecule has 0 aliphatic carbocycles. The summed E-state index contributed by atoms with van der Waals surface area (Å²) in [5.41, 5.74) is 0.238. The van der Waals surface area contributed by atoms with Gasteiger partial charge in [0.2, 0.25) is 10.0 Å². The summed E-state index contributed by atoms with van der Waals surface area (Å²) < 4.78 is 38.3. The first-order chi connectivity index (χ1) is 15.4. The van der Waals surface area contributed by atoms with E-state index in [1.807, 2.05) is 42.5 Å². The topological polar surface area (TPSA) is 84.9 Å². The maximum absolute atomic E-state index is 13.0. The second kappa shape index (κ2) is 10.5. The van der Waals surface area contributed by atoms with E-state index in [4.69, 9.17) is 9.47 Å². The molecule has 3 aromatic rings. The number of hydrogen-bond acceptors (Lipinski definition) is 5. The summed E-state index contributed by atoms with van der Waals surface area (Å²) in [6.07, 6.45) is 0. The Morgan fingerprint density at radius 1 is 0.969 bits per heavy atom. The Hall–Kier alpha value is -3.10. The van der Waals surface area contributed by atoms with Crippen molar-refractivity contribution in [2.45, 2.75) is 18.7 Å². The summed E-state index contributed by atoms with van der Waals surface area (Å²) in [5.74, 6) is 0.562. The van der Waals surface area contributed by atoms with Gasteiger partial charge in [-0.15, -0.1) is 0 Å². The fourth-order valence-corrected chi connectivity index (χ4v) is 5.11. The Morgan fingerprint density at radius 2 is 1.69 bits per heavy atom. The Kier molecular flexibility index (Phi) is 7.71.